The molecular weight excluding hydrogens is 248 g/mol. The summed E-state index contributed by atoms with van der Waals surface area (Å²) in [4.78, 5) is 15.0. The maximum atomic E-state index is 12.9. The first-order chi connectivity index (χ1) is 9.49. The fraction of sp³-hybridized carbons (Fsp3) is 0.588. The van der Waals surface area contributed by atoms with Gasteiger partial charge in [0, 0.05) is 31.2 Å². The first-order valence-corrected chi connectivity index (χ1v) is 7.58. The molecule has 2 heterocycles. The number of carbonyl (C=O) groups is 1. The number of likely N-dealkylation sites (tertiary alicyclic amines) is 1. The van der Waals surface area contributed by atoms with Gasteiger partial charge in [0.25, 0.3) is 5.91 Å². The van der Waals surface area contributed by atoms with E-state index in [0.717, 1.165) is 36.3 Å². The molecule has 1 N–H and O–H groups in total. The molecule has 0 radical (unpaired) electrons. The smallest absolute Gasteiger partial charge is 0.254 e. The van der Waals surface area contributed by atoms with Crippen molar-refractivity contribution in [2.75, 3.05) is 19.6 Å². The summed E-state index contributed by atoms with van der Waals surface area (Å²) in [5.74, 6) is 1.49. The van der Waals surface area contributed by atoms with E-state index in [1.165, 1.54) is 5.56 Å². The summed E-state index contributed by atoms with van der Waals surface area (Å²) in [7, 11) is 0. The van der Waals surface area contributed by atoms with Gasteiger partial charge in [0.15, 0.2) is 0 Å². The van der Waals surface area contributed by atoms with Crippen LogP contribution in [-0.4, -0.2) is 36.5 Å². The average Bonchev–Trinajstić information content (AvgIpc) is 2.91. The molecule has 1 aromatic carbocycles. The van der Waals surface area contributed by atoms with Crippen molar-refractivity contribution < 1.29 is 4.79 Å². The molecule has 0 saturated carbocycles. The molecule has 1 aromatic rings. The van der Waals surface area contributed by atoms with Crippen molar-refractivity contribution in [2.45, 2.75) is 33.7 Å². The standard InChI is InChI=1S/C17H24N2O/c1-10-5-11(2)16(12(3)6-10)17(20)19-9-14-7-18-8-15(14)13(19)4/h5-6,13-15,18H,7-9H2,1-4H3. The Labute approximate surface area is 121 Å². The van der Waals surface area contributed by atoms with Gasteiger partial charge in [-0.05, 0) is 50.7 Å². The topological polar surface area (TPSA) is 32.3 Å². The van der Waals surface area contributed by atoms with E-state index in [2.05, 4.69) is 50.0 Å². The van der Waals surface area contributed by atoms with Crippen molar-refractivity contribution in [1.82, 2.24) is 10.2 Å². The van der Waals surface area contributed by atoms with E-state index < -0.39 is 0 Å². The van der Waals surface area contributed by atoms with E-state index in [1.54, 1.807) is 0 Å². The molecule has 108 valence electrons. The summed E-state index contributed by atoms with van der Waals surface area (Å²) in [5.41, 5.74) is 4.35. The van der Waals surface area contributed by atoms with E-state index in [-0.39, 0.29) is 5.91 Å². The second-order valence-electron chi connectivity index (χ2n) is 6.55. The zero-order chi connectivity index (χ0) is 14.4. The van der Waals surface area contributed by atoms with E-state index in [0.29, 0.717) is 17.9 Å². The number of carbonyl (C=O) groups excluding carboxylic acids is 1. The highest BCUT2D eigenvalue weighted by Crippen LogP contribution is 2.34. The van der Waals surface area contributed by atoms with Crippen LogP contribution in [0.25, 0.3) is 0 Å². The van der Waals surface area contributed by atoms with Crippen molar-refractivity contribution in [3.05, 3.63) is 34.4 Å². The number of nitrogens with zero attached hydrogens (tertiary/aromatic N) is 1. The van der Waals surface area contributed by atoms with Crippen LogP contribution in [0.15, 0.2) is 12.1 Å². The van der Waals surface area contributed by atoms with Gasteiger partial charge in [-0.15, -0.1) is 0 Å². The largest absolute Gasteiger partial charge is 0.335 e. The van der Waals surface area contributed by atoms with Crippen LogP contribution in [0.4, 0.5) is 0 Å². The van der Waals surface area contributed by atoms with Crippen LogP contribution < -0.4 is 5.32 Å². The highest BCUT2D eigenvalue weighted by molar-refractivity contribution is 5.97. The van der Waals surface area contributed by atoms with Gasteiger partial charge in [-0.3, -0.25) is 4.79 Å². The zero-order valence-electron chi connectivity index (χ0n) is 12.9. The van der Waals surface area contributed by atoms with Crippen molar-refractivity contribution in [3.63, 3.8) is 0 Å². The quantitative estimate of drug-likeness (QED) is 0.851. The highest BCUT2D eigenvalue weighted by Gasteiger charge is 2.44. The van der Waals surface area contributed by atoms with Gasteiger partial charge >= 0.3 is 0 Å². The molecule has 0 bridgehead atoms. The monoisotopic (exact) mass is 272 g/mol. The molecule has 2 fully saturated rings. The van der Waals surface area contributed by atoms with Gasteiger partial charge in [0.05, 0.1) is 0 Å². The number of hydrogen-bond acceptors (Lipinski definition) is 2. The van der Waals surface area contributed by atoms with Crippen LogP contribution >= 0.6 is 0 Å². The van der Waals surface area contributed by atoms with Gasteiger partial charge < -0.3 is 10.2 Å². The molecule has 20 heavy (non-hydrogen) atoms. The first kappa shape index (κ1) is 13.6. The van der Waals surface area contributed by atoms with Gasteiger partial charge in [-0.25, -0.2) is 0 Å². The van der Waals surface area contributed by atoms with Crippen LogP contribution in [-0.2, 0) is 0 Å². The predicted octanol–water partition coefficient (Wildman–Crippen LogP) is 2.29. The van der Waals surface area contributed by atoms with E-state index in [1.807, 2.05) is 0 Å². The minimum Gasteiger partial charge on any atom is -0.335 e. The second kappa shape index (κ2) is 4.88. The Morgan fingerprint density at radius 1 is 1.20 bits per heavy atom. The lowest BCUT2D eigenvalue weighted by molar-refractivity contribution is 0.0727. The van der Waals surface area contributed by atoms with Crippen LogP contribution in [0.2, 0.25) is 0 Å². The number of aryl methyl sites for hydroxylation is 3. The number of amides is 1. The zero-order valence-corrected chi connectivity index (χ0v) is 12.9. The minimum atomic E-state index is 0.224. The number of benzene rings is 1. The third kappa shape index (κ3) is 2.05. The Hall–Kier alpha value is -1.35. The number of nitrogens with one attached hydrogen (secondary N) is 1. The first-order valence-electron chi connectivity index (χ1n) is 7.58. The molecule has 0 spiro atoms. The highest BCUT2D eigenvalue weighted by atomic mass is 16.2. The summed E-state index contributed by atoms with van der Waals surface area (Å²) >= 11 is 0. The minimum absolute atomic E-state index is 0.224. The normalized spacial score (nSPS) is 28.8. The lowest BCUT2D eigenvalue weighted by Gasteiger charge is -2.26. The second-order valence-corrected chi connectivity index (χ2v) is 6.55. The van der Waals surface area contributed by atoms with Crippen LogP contribution in [0.3, 0.4) is 0 Å². The third-order valence-corrected chi connectivity index (χ3v) is 5.09. The van der Waals surface area contributed by atoms with Crippen molar-refractivity contribution >= 4 is 5.91 Å². The van der Waals surface area contributed by atoms with Crippen LogP contribution in [0, 0.1) is 32.6 Å². The van der Waals surface area contributed by atoms with E-state index in [9.17, 15) is 4.79 Å². The lowest BCUT2D eigenvalue weighted by atomic mass is 9.95. The molecule has 3 atom stereocenters. The molecule has 1 amide bonds. The molecule has 0 aliphatic carbocycles. The summed E-state index contributed by atoms with van der Waals surface area (Å²) < 4.78 is 0. The van der Waals surface area contributed by atoms with Crippen LogP contribution in [0.1, 0.15) is 34.0 Å². The Morgan fingerprint density at radius 2 is 1.85 bits per heavy atom. The maximum absolute atomic E-state index is 12.9. The van der Waals surface area contributed by atoms with Crippen molar-refractivity contribution in [1.29, 1.82) is 0 Å². The number of rotatable bonds is 1. The van der Waals surface area contributed by atoms with E-state index >= 15 is 0 Å². The molecule has 3 heteroatoms. The fourth-order valence-electron chi connectivity index (χ4n) is 4.10. The fourth-order valence-corrected chi connectivity index (χ4v) is 4.10. The molecule has 0 aromatic heterocycles. The molecule has 3 nitrogen and oxygen atoms in total. The van der Waals surface area contributed by atoms with Gasteiger partial charge in [-0.1, -0.05) is 17.7 Å². The van der Waals surface area contributed by atoms with Crippen LogP contribution in [0.5, 0.6) is 0 Å². The maximum Gasteiger partial charge on any atom is 0.254 e. The number of hydrogen-bond donors (Lipinski definition) is 1. The summed E-state index contributed by atoms with van der Waals surface area (Å²) in [6.07, 6.45) is 0. The molecule has 2 saturated heterocycles. The molecule has 3 unspecified atom stereocenters. The summed E-state index contributed by atoms with van der Waals surface area (Å²) in [5, 5.41) is 3.45. The van der Waals surface area contributed by atoms with E-state index in [4.69, 9.17) is 0 Å². The third-order valence-electron chi connectivity index (χ3n) is 5.09. The molecular formula is C17H24N2O. The SMILES string of the molecule is Cc1cc(C)c(C(=O)N2CC3CNCC3C2C)c(C)c1. The van der Waals surface area contributed by atoms with Crippen molar-refractivity contribution in [3.8, 4) is 0 Å². The van der Waals surface area contributed by atoms with Gasteiger partial charge in [0.1, 0.15) is 0 Å². The summed E-state index contributed by atoms with van der Waals surface area (Å²) in [6.45, 7) is 11.4. The molecule has 2 aliphatic heterocycles. The van der Waals surface area contributed by atoms with Gasteiger partial charge in [-0.2, -0.15) is 0 Å². The predicted molar refractivity (Wildman–Crippen MR) is 81.0 cm³/mol. The number of fused-ring (bicyclic) bond motifs is 1. The Kier molecular flexibility index (Phi) is 3.33. The Morgan fingerprint density at radius 3 is 2.45 bits per heavy atom. The Balaban J connectivity index is 1.90. The lowest BCUT2D eigenvalue weighted by Crippen LogP contribution is -2.38. The summed E-state index contributed by atoms with van der Waals surface area (Å²) in [6, 6.07) is 4.58. The van der Waals surface area contributed by atoms with Crippen molar-refractivity contribution in [2.24, 2.45) is 11.8 Å². The molecule has 3 rings (SSSR count). The molecule has 2 aliphatic rings. The van der Waals surface area contributed by atoms with Gasteiger partial charge in [0.2, 0.25) is 0 Å². The average molecular weight is 272 g/mol. The Bertz CT molecular complexity index is 529.